The van der Waals surface area contributed by atoms with Crippen LogP contribution in [-0.2, 0) is 4.79 Å². The van der Waals surface area contributed by atoms with E-state index in [9.17, 15) is 4.79 Å². The quantitative estimate of drug-likeness (QED) is 0.824. The topological polar surface area (TPSA) is 57.3 Å². The second-order valence-electron chi connectivity index (χ2n) is 5.65. The lowest BCUT2D eigenvalue weighted by Gasteiger charge is -2.35. The van der Waals surface area contributed by atoms with Crippen molar-refractivity contribution >= 4 is 47.2 Å². The molecule has 1 fully saturated rings. The van der Waals surface area contributed by atoms with Gasteiger partial charge in [-0.1, -0.05) is 29.3 Å². The minimum absolute atomic E-state index is 0. The predicted octanol–water partition coefficient (Wildman–Crippen LogP) is 3.40. The number of hydrogen-bond donors (Lipinski definition) is 2. The summed E-state index contributed by atoms with van der Waals surface area (Å²) in [7, 11) is 0. The molecule has 1 aliphatic rings. The molecule has 0 bridgehead atoms. The van der Waals surface area contributed by atoms with Crippen molar-refractivity contribution in [2.24, 2.45) is 0 Å². The van der Waals surface area contributed by atoms with Gasteiger partial charge in [0.25, 0.3) is 0 Å². The van der Waals surface area contributed by atoms with Gasteiger partial charge in [0.15, 0.2) is 0 Å². The third-order valence-corrected chi connectivity index (χ3v) is 4.71. The van der Waals surface area contributed by atoms with Crippen molar-refractivity contribution < 1.29 is 4.79 Å². The number of amides is 1. The van der Waals surface area contributed by atoms with Crippen molar-refractivity contribution in [3.8, 4) is 0 Å². The average Bonchev–Trinajstić information content (AvgIpc) is 2.59. The lowest BCUT2D eigenvalue weighted by molar-refractivity contribution is -0.118. The molecule has 1 amide bonds. The molecule has 1 aromatic carbocycles. The Morgan fingerprint density at radius 3 is 2.88 bits per heavy atom. The number of carbonyl (C=O) groups excluding carboxylic acids is 1. The van der Waals surface area contributed by atoms with Gasteiger partial charge in [0.2, 0.25) is 5.91 Å². The number of nitrogens with one attached hydrogen (secondary N) is 2. The molecule has 0 saturated carbocycles. The van der Waals surface area contributed by atoms with Crippen LogP contribution in [0, 0.1) is 0 Å². The highest BCUT2D eigenvalue weighted by Crippen LogP contribution is 2.25. The van der Waals surface area contributed by atoms with E-state index >= 15 is 0 Å². The van der Waals surface area contributed by atoms with Gasteiger partial charge in [-0.15, -0.1) is 12.4 Å². The van der Waals surface area contributed by atoms with Crippen molar-refractivity contribution in [3.05, 3.63) is 58.3 Å². The van der Waals surface area contributed by atoms with E-state index in [2.05, 4.69) is 20.5 Å². The monoisotopic (exact) mass is 400 g/mol. The fourth-order valence-corrected chi connectivity index (χ4v) is 3.09. The Bertz CT molecular complexity index is 714. The summed E-state index contributed by atoms with van der Waals surface area (Å²) in [5.41, 5.74) is 1.74. The number of benzene rings is 1. The van der Waals surface area contributed by atoms with Crippen LogP contribution in [0.15, 0.2) is 42.7 Å². The Morgan fingerprint density at radius 1 is 1.32 bits per heavy atom. The number of hydrogen-bond acceptors (Lipinski definition) is 4. The van der Waals surface area contributed by atoms with Crippen LogP contribution in [0.25, 0.3) is 0 Å². The standard InChI is InChI=1S/C17H18Cl2N4O.ClH/c18-14-4-3-13(8-15(14)19)22-17(24)11-23-7-6-21-10-16(23)12-2-1-5-20-9-12;/h1-5,8-9,16,21H,6-7,10-11H2,(H,22,24);1H. The number of halogens is 3. The molecule has 2 N–H and O–H groups in total. The molecular weight excluding hydrogens is 383 g/mol. The zero-order valence-electron chi connectivity index (χ0n) is 13.4. The van der Waals surface area contributed by atoms with Crippen LogP contribution in [0.4, 0.5) is 5.69 Å². The number of carbonyl (C=O) groups is 1. The molecule has 3 rings (SSSR count). The first kappa shape index (κ1) is 19.9. The molecule has 2 heterocycles. The highest BCUT2D eigenvalue weighted by atomic mass is 35.5. The van der Waals surface area contributed by atoms with E-state index in [4.69, 9.17) is 23.2 Å². The van der Waals surface area contributed by atoms with E-state index in [1.807, 2.05) is 18.3 Å². The van der Waals surface area contributed by atoms with Crippen molar-refractivity contribution in [3.63, 3.8) is 0 Å². The summed E-state index contributed by atoms with van der Waals surface area (Å²) >= 11 is 11.9. The molecule has 8 heteroatoms. The summed E-state index contributed by atoms with van der Waals surface area (Å²) < 4.78 is 0. The first-order chi connectivity index (χ1) is 11.6. The highest BCUT2D eigenvalue weighted by molar-refractivity contribution is 6.42. The highest BCUT2D eigenvalue weighted by Gasteiger charge is 2.25. The zero-order valence-corrected chi connectivity index (χ0v) is 15.7. The third kappa shape index (κ3) is 5.30. The Balaban J connectivity index is 0.00000225. The van der Waals surface area contributed by atoms with Crippen LogP contribution in [0.2, 0.25) is 10.0 Å². The fourth-order valence-electron chi connectivity index (χ4n) is 2.80. The van der Waals surface area contributed by atoms with Crippen LogP contribution >= 0.6 is 35.6 Å². The number of anilines is 1. The Morgan fingerprint density at radius 2 is 2.16 bits per heavy atom. The summed E-state index contributed by atoms with van der Waals surface area (Å²) in [5, 5.41) is 7.12. The zero-order chi connectivity index (χ0) is 16.9. The average molecular weight is 402 g/mol. The third-order valence-electron chi connectivity index (χ3n) is 3.97. The van der Waals surface area contributed by atoms with Crippen molar-refractivity contribution in [2.75, 3.05) is 31.5 Å². The van der Waals surface area contributed by atoms with Crippen molar-refractivity contribution in [2.45, 2.75) is 6.04 Å². The minimum atomic E-state index is -0.0795. The first-order valence-corrected chi connectivity index (χ1v) is 8.48. The van der Waals surface area contributed by atoms with E-state index in [1.165, 1.54) is 0 Å². The number of rotatable bonds is 4. The molecule has 0 aliphatic carbocycles. The number of pyridine rings is 1. The summed E-state index contributed by atoms with van der Waals surface area (Å²) in [5.74, 6) is -0.0795. The van der Waals surface area contributed by atoms with Gasteiger partial charge in [-0.2, -0.15) is 0 Å². The van der Waals surface area contributed by atoms with Crippen LogP contribution in [0.3, 0.4) is 0 Å². The van der Waals surface area contributed by atoms with E-state index in [0.29, 0.717) is 22.3 Å². The van der Waals surface area contributed by atoms with Crippen LogP contribution in [-0.4, -0.2) is 42.0 Å². The van der Waals surface area contributed by atoms with E-state index < -0.39 is 0 Å². The normalized spacial score (nSPS) is 17.6. The molecule has 5 nitrogen and oxygen atoms in total. The van der Waals surface area contributed by atoms with Gasteiger partial charge in [0.1, 0.15) is 0 Å². The SMILES string of the molecule is Cl.O=C(CN1CCNCC1c1cccnc1)Nc1ccc(Cl)c(Cl)c1. The Labute approximate surface area is 163 Å². The molecule has 1 aromatic heterocycles. The molecule has 1 atom stereocenters. The largest absolute Gasteiger partial charge is 0.325 e. The first-order valence-electron chi connectivity index (χ1n) is 7.73. The second-order valence-corrected chi connectivity index (χ2v) is 6.47. The molecule has 0 radical (unpaired) electrons. The van der Waals surface area contributed by atoms with Gasteiger partial charge in [0, 0.05) is 43.8 Å². The van der Waals surface area contributed by atoms with E-state index in [-0.39, 0.29) is 24.4 Å². The van der Waals surface area contributed by atoms with Crippen LogP contribution in [0.1, 0.15) is 11.6 Å². The van der Waals surface area contributed by atoms with Crippen molar-refractivity contribution in [1.29, 1.82) is 0 Å². The molecule has 1 unspecified atom stereocenters. The van der Waals surface area contributed by atoms with Gasteiger partial charge in [-0.05, 0) is 29.8 Å². The maximum absolute atomic E-state index is 12.4. The van der Waals surface area contributed by atoms with Crippen molar-refractivity contribution in [1.82, 2.24) is 15.2 Å². The van der Waals surface area contributed by atoms with Gasteiger partial charge in [0.05, 0.1) is 16.6 Å². The maximum Gasteiger partial charge on any atom is 0.238 e. The predicted molar refractivity (Wildman–Crippen MR) is 104 cm³/mol. The lowest BCUT2D eigenvalue weighted by atomic mass is 10.1. The van der Waals surface area contributed by atoms with Crippen LogP contribution in [0.5, 0.6) is 0 Å². The van der Waals surface area contributed by atoms with E-state index in [1.54, 1.807) is 24.4 Å². The summed E-state index contributed by atoms with van der Waals surface area (Å²) in [6, 6.07) is 9.14. The fraction of sp³-hybridized carbons (Fsp3) is 0.294. The second kappa shape index (κ2) is 9.36. The number of aromatic nitrogens is 1. The lowest BCUT2D eigenvalue weighted by Crippen LogP contribution is -2.48. The Kier molecular flexibility index (Phi) is 7.47. The molecule has 134 valence electrons. The van der Waals surface area contributed by atoms with Gasteiger partial charge in [-0.25, -0.2) is 0 Å². The molecule has 25 heavy (non-hydrogen) atoms. The maximum atomic E-state index is 12.4. The molecule has 1 aliphatic heterocycles. The summed E-state index contributed by atoms with van der Waals surface area (Å²) in [4.78, 5) is 18.7. The minimum Gasteiger partial charge on any atom is -0.325 e. The number of nitrogens with zero attached hydrogens (tertiary/aromatic N) is 2. The Hall–Kier alpha value is -1.37. The van der Waals surface area contributed by atoms with Gasteiger partial charge in [-0.3, -0.25) is 14.7 Å². The summed E-state index contributed by atoms with van der Waals surface area (Å²) in [6.07, 6.45) is 3.60. The molecule has 1 saturated heterocycles. The molecule has 2 aromatic rings. The smallest absolute Gasteiger partial charge is 0.238 e. The number of piperazine rings is 1. The van der Waals surface area contributed by atoms with Crippen LogP contribution < -0.4 is 10.6 Å². The van der Waals surface area contributed by atoms with Gasteiger partial charge >= 0.3 is 0 Å². The molecular formula is C17H19Cl3N4O. The van der Waals surface area contributed by atoms with Gasteiger partial charge < -0.3 is 10.6 Å². The van der Waals surface area contributed by atoms with E-state index in [0.717, 1.165) is 25.2 Å². The molecule has 0 spiro atoms. The summed E-state index contributed by atoms with van der Waals surface area (Å²) in [6.45, 7) is 2.76.